The maximum Gasteiger partial charge on any atom is 0.696 e. The fraction of sp³-hybridized carbons (Fsp3) is 0.364. The quantitative estimate of drug-likeness (QED) is 0.763. The largest absolute Gasteiger partial charge is 0.696 e. The van der Waals surface area contributed by atoms with Crippen LogP contribution in [0.5, 0.6) is 0 Å². The monoisotopic (exact) mass is 243 g/mol. The summed E-state index contributed by atoms with van der Waals surface area (Å²) in [5.74, 6) is 0.214. The van der Waals surface area contributed by atoms with E-state index in [1.807, 2.05) is 30.3 Å². The lowest BCUT2D eigenvalue weighted by Crippen LogP contribution is -1.94. The lowest BCUT2D eigenvalue weighted by molar-refractivity contribution is -0.116. The predicted octanol–water partition coefficient (Wildman–Crippen LogP) is 2.75. The van der Waals surface area contributed by atoms with Gasteiger partial charge in [0.25, 0.3) is 0 Å². The molecule has 0 heterocycles. The minimum absolute atomic E-state index is 0.214. The highest BCUT2D eigenvalue weighted by Crippen LogP contribution is 2.18. The van der Waals surface area contributed by atoms with Crippen molar-refractivity contribution in [2.45, 2.75) is 13.3 Å². The fourth-order valence-corrected chi connectivity index (χ4v) is 1.11. The smallest absolute Gasteiger partial charge is 0.300 e. The van der Waals surface area contributed by atoms with Gasteiger partial charge in [0.05, 0.1) is 14.2 Å². The van der Waals surface area contributed by atoms with E-state index in [1.54, 1.807) is 6.92 Å². The summed E-state index contributed by atoms with van der Waals surface area (Å²) in [5.41, 5.74) is 1.09. The minimum atomic E-state index is -1.83. The zero-order chi connectivity index (χ0) is 12.4. The van der Waals surface area contributed by atoms with E-state index in [-0.39, 0.29) is 5.78 Å². The molecular weight excluding hydrogens is 227 g/mol. The molecule has 0 aliphatic rings. The van der Waals surface area contributed by atoms with Crippen LogP contribution in [0.3, 0.4) is 0 Å². The summed E-state index contributed by atoms with van der Waals surface area (Å²) in [5, 5.41) is 0. The van der Waals surface area contributed by atoms with E-state index in [2.05, 4.69) is 9.05 Å². The van der Waals surface area contributed by atoms with Crippen molar-refractivity contribution in [1.29, 1.82) is 0 Å². The van der Waals surface area contributed by atoms with Crippen LogP contribution in [-0.4, -0.2) is 20.0 Å². The summed E-state index contributed by atoms with van der Waals surface area (Å²) < 4.78 is 18.3. The van der Waals surface area contributed by atoms with Gasteiger partial charge in [-0.1, -0.05) is 30.3 Å². The molecule has 4 nitrogen and oxygen atoms in total. The third kappa shape index (κ3) is 8.24. The number of rotatable bonds is 4. The molecular formula is C11H16O4P+. The third-order valence-corrected chi connectivity index (χ3v) is 2.19. The van der Waals surface area contributed by atoms with Crippen LogP contribution in [0.25, 0.3) is 0 Å². The molecule has 0 spiro atoms. The maximum atomic E-state index is 10.6. The number of carbonyl (C=O) groups is 1. The van der Waals surface area contributed by atoms with Crippen molar-refractivity contribution in [3.05, 3.63) is 35.9 Å². The van der Waals surface area contributed by atoms with Gasteiger partial charge in [0.15, 0.2) is 0 Å². The maximum absolute atomic E-state index is 10.6. The first-order chi connectivity index (χ1) is 7.60. The van der Waals surface area contributed by atoms with Crippen LogP contribution in [0.2, 0.25) is 0 Å². The van der Waals surface area contributed by atoms with Crippen LogP contribution in [0.4, 0.5) is 0 Å². The first kappa shape index (κ1) is 14.9. The van der Waals surface area contributed by atoms with E-state index >= 15 is 0 Å². The van der Waals surface area contributed by atoms with Gasteiger partial charge < -0.3 is 0 Å². The van der Waals surface area contributed by atoms with Gasteiger partial charge in [0, 0.05) is 11.0 Å². The summed E-state index contributed by atoms with van der Waals surface area (Å²) >= 11 is 0. The molecule has 0 atom stereocenters. The summed E-state index contributed by atoms with van der Waals surface area (Å²) in [4.78, 5) is 10.6. The summed E-state index contributed by atoms with van der Waals surface area (Å²) in [6.45, 7) is 1.60. The zero-order valence-corrected chi connectivity index (χ0v) is 10.6. The highest BCUT2D eigenvalue weighted by molar-refractivity contribution is 7.33. The van der Waals surface area contributed by atoms with E-state index in [1.165, 1.54) is 14.2 Å². The van der Waals surface area contributed by atoms with Crippen molar-refractivity contribution in [2.75, 3.05) is 14.2 Å². The van der Waals surface area contributed by atoms with Gasteiger partial charge >= 0.3 is 8.25 Å². The molecule has 1 aromatic rings. The van der Waals surface area contributed by atoms with E-state index in [4.69, 9.17) is 0 Å². The molecule has 0 radical (unpaired) electrons. The summed E-state index contributed by atoms with van der Waals surface area (Å²) in [7, 11) is 0.817. The number of benzene rings is 1. The Kier molecular flexibility index (Phi) is 8.53. The summed E-state index contributed by atoms with van der Waals surface area (Å²) in [6, 6.07) is 9.75. The average Bonchev–Trinajstić information content (AvgIpc) is 2.29. The molecule has 0 aliphatic heterocycles. The molecule has 5 heteroatoms. The molecule has 0 amide bonds. The van der Waals surface area contributed by atoms with Crippen LogP contribution < -0.4 is 0 Å². The third-order valence-electron chi connectivity index (χ3n) is 1.59. The highest BCUT2D eigenvalue weighted by Gasteiger charge is 2.10. The Hall–Kier alpha value is -1.09. The number of ketones is 1. The Morgan fingerprint density at radius 3 is 2.00 bits per heavy atom. The molecule has 1 aromatic carbocycles. The standard InChI is InChI=1S/C9H10O.C2H6O3P/c1-8(10)7-9-5-3-2-4-6-9;1-4-6(3)5-2/h2-6H,7H2,1H3;1-2H3/q;+1. The summed E-state index contributed by atoms with van der Waals surface area (Å²) in [6.07, 6.45) is 0.556. The molecule has 0 bridgehead atoms. The van der Waals surface area contributed by atoms with Gasteiger partial charge in [-0.3, -0.25) is 4.79 Å². The second kappa shape index (κ2) is 9.16. The Morgan fingerprint density at radius 1 is 1.19 bits per heavy atom. The number of hydrogen-bond acceptors (Lipinski definition) is 4. The number of carbonyl (C=O) groups excluding carboxylic acids is 1. The Labute approximate surface area is 96.5 Å². The van der Waals surface area contributed by atoms with Gasteiger partial charge in [0.1, 0.15) is 5.78 Å². The van der Waals surface area contributed by atoms with Gasteiger partial charge in [-0.15, -0.1) is 9.05 Å². The van der Waals surface area contributed by atoms with Crippen molar-refractivity contribution < 1.29 is 18.4 Å². The van der Waals surface area contributed by atoms with Gasteiger partial charge in [-0.05, 0) is 12.5 Å². The van der Waals surface area contributed by atoms with Gasteiger partial charge in [-0.2, -0.15) is 0 Å². The van der Waals surface area contributed by atoms with E-state index in [9.17, 15) is 9.36 Å². The predicted molar refractivity (Wildman–Crippen MR) is 62.5 cm³/mol. The van der Waals surface area contributed by atoms with Crippen LogP contribution in [0, 0.1) is 0 Å². The molecule has 0 saturated heterocycles. The van der Waals surface area contributed by atoms with E-state index in [0.29, 0.717) is 6.42 Å². The molecule has 1 rings (SSSR count). The Balaban J connectivity index is 0.000000325. The van der Waals surface area contributed by atoms with Crippen molar-refractivity contribution in [3.63, 3.8) is 0 Å². The van der Waals surface area contributed by atoms with Crippen molar-refractivity contribution >= 4 is 14.0 Å². The minimum Gasteiger partial charge on any atom is -0.300 e. The lowest BCUT2D eigenvalue weighted by Gasteiger charge is -1.93. The molecule has 0 saturated carbocycles. The fourth-order valence-electron chi connectivity index (χ4n) is 0.958. The van der Waals surface area contributed by atoms with Crippen molar-refractivity contribution in [1.82, 2.24) is 0 Å². The normalized spacial score (nSPS) is 8.94. The molecule has 0 unspecified atom stereocenters. The lowest BCUT2D eigenvalue weighted by atomic mass is 10.1. The first-order valence-corrected chi connectivity index (χ1v) is 5.78. The van der Waals surface area contributed by atoms with Gasteiger partial charge in [-0.25, -0.2) is 0 Å². The molecule has 88 valence electrons. The van der Waals surface area contributed by atoms with Crippen LogP contribution in [0.1, 0.15) is 12.5 Å². The second-order valence-electron chi connectivity index (χ2n) is 2.95. The molecule has 0 aliphatic carbocycles. The number of Topliss-reactive ketones (excluding diaryl/α,β-unsaturated/α-hetero) is 1. The number of hydrogen-bond donors (Lipinski definition) is 0. The first-order valence-electron chi connectivity index (χ1n) is 4.69. The van der Waals surface area contributed by atoms with Crippen LogP contribution in [-0.2, 0) is 24.8 Å². The Morgan fingerprint density at radius 2 is 1.69 bits per heavy atom. The molecule has 16 heavy (non-hydrogen) atoms. The second-order valence-corrected chi connectivity index (χ2v) is 4.13. The Bertz CT molecular complexity index is 318. The molecule has 0 N–H and O–H groups in total. The van der Waals surface area contributed by atoms with E-state index < -0.39 is 8.25 Å². The van der Waals surface area contributed by atoms with E-state index in [0.717, 1.165) is 5.56 Å². The molecule has 0 aromatic heterocycles. The molecule has 0 fully saturated rings. The average molecular weight is 243 g/mol. The SMILES string of the molecule is CC(=O)Cc1ccccc1.CO[P+](=O)OC. The van der Waals surface area contributed by atoms with Crippen LogP contribution in [0.15, 0.2) is 30.3 Å². The highest BCUT2D eigenvalue weighted by atomic mass is 31.1. The zero-order valence-electron chi connectivity index (χ0n) is 9.67. The van der Waals surface area contributed by atoms with Crippen molar-refractivity contribution in [3.8, 4) is 0 Å². The van der Waals surface area contributed by atoms with Crippen LogP contribution >= 0.6 is 8.25 Å². The van der Waals surface area contributed by atoms with Crippen molar-refractivity contribution in [2.24, 2.45) is 0 Å². The topological polar surface area (TPSA) is 52.6 Å². The van der Waals surface area contributed by atoms with Gasteiger partial charge in [0.2, 0.25) is 0 Å².